The maximum absolute atomic E-state index is 13.1. The first kappa shape index (κ1) is 27.2. The molecule has 0 bridgehead atoms. The molecule has 0 saturated carbocycles. The van der Waals surface area contributed by atoms with E-state index in [2.05, 4.69) is 10.1 Å². The molecule has 40 heavy (non-hydrogen) atoms. The highest BCUT2D eigenvalue weighted by Crippen LogP contribution is 2.34. The summed E-state index contributed by atoms with van der Waals surface area (Å²) in [4.78, 5) is 65.5. The normalized spacial score (nSPS) is 16.6. The van der Waals surface area contributed by atoms with Crippen LogP contribution in [0.3, 0.4) is 0 Å². The molecule has 0 aliphatic carbocycles. The Morgan fingerprint density at radius 2 is 1.75 bits per heavy atom. The first-order valence-electron chi connectivity index (χ1n) is 12.5. The van der Waals surface area contributed by atoms with Crippen LogP contribution in [0.25, 0.3) is 17.0 Å². The molecule has 2 aromatic carbocycles. The average molecular weight is 563 g/mol. The summed E-state index contributed by atoms with van der Waals surface area (Å²) in [6, 6.07) is 13.8. The Kier molecular flexibility index (Phi) is 7.99. The molecule has 0 unspecified atom stereocenters. The van der Waals surface area contributed by atoms with Gasteiger partial charge in [0.1, 0.15) is 13.1 Å². The van der Waals surface area contributed by atoms with E-state index in [9.17, 15) is 24.0 Å². The lowest BCUT2D eigenvalue weighted by molar-refractivity contribution is -0.139. The average Bonchev–Trinajstić information content (AvgIpc) is 3.44. The molecule has 1 aromatic heterocycles. The number of rotatable bonds is 7. The molecular formula is C28H26N4O7S. The van der Waals surface area contributed by atoms with E-state index < -0.39 is 17.1 Å². The third-order valence-corrected chi connectivity index (χ3v) is 7.45. The van der Waals surface area contributed by atoms with E-state index in [1.165, 1.54) is 7.11 Å². The molecule has 2 aliphatic rings. The van der Waals surface area contributed by atoms with Gasteiger partial charge in [-0.25, -0.2) is 4.79 Å². The number of methoxy groups -OCH3 is 1. The van der Waals surface area contributed by atoms with Gasteiger partial charge in [-0.3, -0.25) is 24.1 Å². The molecule has 206 valence electrons. The minimum absolute atomic E-state index is 0.0113. The number of morpholine rings is 1. The van der Waals surface area contributed by atoms with Gasteiger partial charge in [-0.1, -0.05) is 18.2 Å². The molecule has 2 saturated heterocycles. The monoisotopic (exact) mass is 562 g/mol. The lowest BCUT2D eigenvalue weighted by Gasteiger charge is -2.28. The predicted octanol–water partition coefficient (Wildman–Crippen LogP) is 2.96. The number of esters is 1. The number of carbonyl (C=O) groups excluding carboxylic acids is 5. The first-order chi connectivity index (χ1) is 19.3. The maximum Gasteiger partial charge on any atom is 0.337 e. The Morgan fingerprint density at radius 1 is 1.02 bits per heavy atom. The van der Waals surface area contributed by atoms with Gasteiger partial charge in [-0.05, 0) is 48.2 Å². The number of nitrogens with zero attached hydrogens (tertiary/aromatic N) is 3. The van der Waals surface area contributed by atoms with Crippen LogP contribution in [-0.2, 0) is 30.4 Å². The van der Waals surface area contributed by atoms with Gasteiger partial charge >= 0.3 is 5.97 Å². The SMILES string of the molecule is COC(=O)c1ccc(NC(=O)Cn2cc(/C=C3\SC(=O)N(CC(=O)N4CCOCC4)C3=O)c3ccccc32)cc1. The van der Waals surface area contributed by atoms with E-state index in [4.69, 9.17) is 4.74 Å². The molecule has 4 amide bonds. The molecule has 0 spiro atoms. The van der Waals surface area contributed by atoms with Gasteiger partial charge < -0.3 is 24.3 Å². The lowest BCUT2D eigenvalue weighted by Crippen LogP contribution is -2.46. The largest absolute Gasteiger partial charge is 0.465 e. The Labute approximate surface area is 233 Å². The van der Waals surface area contributed by atoms with Crippen molar-refractivity contribution < 1.29 is 33.4 Å². The Morgan fingerprint density at radius 3 is 2.48 bits per heavy atom. The van der Waals surface area contributed by atoms with Crippen molar-refractivity contribution in [1.82, 2.24) is 14.4 Å². The van der Waals surface area contributed by atoms with Gasteiger partial charge in [0.2, 0.25) is 11.8 Å². The molecule has 12 heteroatoms. The lowest BCUT2D eigenvalue weighted by atomic mass is 10.1. The van der Waals surface area contributed by atoms with Crippen LogP contribution >= 0.6 is 11.8 Å². The van der Waals surface area contributed by atoms with Gasteiger partial charge in [0, 0.05) is 41.4 Å². The van der Waals surface area contributed by atoms with Crippen molar-refractivity contribution in [1.29, 1.82) is 0 Å². The summed E-state index contributed by atoms with van der Waals surface area (Å²) in [6.07, 6.45) is 3.36. The van der Waals surface area contributed by atoms with Crippen LogP contribution < -0.4 is 5.32 Å². The molecule has 11 nitrogen and oxygen atoms in total. The number of para-hydroxylation sites is 1. The van der Waals surface area contributed by atoms with Crippen molar-refractivity contribution in [2.45, 2.75) is 6.54 Å². The summed E-state index contributed by atoms with van der Waals surface area (Å²) in [5.74, 6) is -1.58. The number of imide groups is 1. The van der Waals surface area contributed by atoms with Crippen LogP contribution in [0.15, 0.2) is 59.6 Å². The van der Waals surface area contributed by atoms with Crippen LogP contribution in [0.4, 0.5) is 10.5 Å². The van der Waals surface area contributed by atoms with E-state index >= 15 is 0 Å². The zero-order valence-electron chi connectivity index (χ0n) is 21.6. The second-order valence-electron chi connectivity index (χ2n) is 9.11. The Bertz CT molecular complexity index is 1520. The minimum Gasteiger partial charge on any atom is -0.465 e. The molecule has 2 fully saturated rings. The Hall–Kier alpha value is -4.42. The number of nitrogens with one attached hydrogen (secondary N) is 1. The zero-order valence-corrected chi connectivity index (χ0v) is 22.4. The number of amides is 4. The highest BCUT2D eigenvalue weighted by atomic mass is 32.2. The molecule has 3 aromatic rings. The fourth-order valence-electron chi connectivity index (χ4n) is 4.51. The third-order valence-electron chi connectivity index (χ3n) is 6.54. The van der Waals surface area contributed by atoms with Crippen molar-refractivity contribution in [3.63, 3.8) is 0 Å². The van der Waals surface area contributed by atoms with Gasteiger partial charge in [0.05, 0.1) is 30.8 Å². The van der Waals surface area contributed by atoms with E-state index in [0.29, 0.717) is 43.1 Å². The second-order valence-corrected chi connectivity index (χ2v) is 10.1. The van der Waals surface area contributed by atoms with Crippen LogP contribution in [0.1, 0.15) is 15.9 Å². The third kappa shape index (κ3) is 5.77. The van der Waals surface area contributed by atoms with Crippen molar-refractivity contribution in [3.8, 4) is 0 Å². The fraction of sp³-hybridized carbons (Fsp3) is 0.250. The van der Waals surface area contributed by atoms with Crippen LogP contribution in [0.2, 0.25) is 0 Å². The van der Waals surface area contributed by atoms with E-state index in [1.54, 1.807) is 46.0 Å². The van der Waals surface area contributed by atoms with Crippen molar-refractivity contribution in [2.24, 2.45) is 0 Å². The summed E-state index contributed by atoms with van der Waals surface area (Å²) in [6.45, 7) is 1.38. The number of carbonyl (C=O) groups is 5. The van der Waals surface area contributed by atoms with Crippen molar-refractivity contribution in [2.75, 3.05) is 45.3 Å². The molecule has 1 N–H and O–H groups in total. The number of hydrogen-bond donors (Lipinski definition) is 1. The van der Waals surface area contributed by atoms with E-state index in [-0.39, 0.29) is 29.8 Å². The maximum atomic E-state index is 13.1. The van der Waals surface area contributed by atoms with Gasteiger partial charge in [0.15, 0.2) is 0 Å². The summed E-state index contributed by atoms with van der Waals surface area (Å²) in [7, 11) is 1.30. The number of hydrogen-bond acceptors (Lipinski definition) is 8. The quantitative estimate of drug-likeness (QED) is 0.344. The smallest absolute Gasteiger partial charge is 0.337 e. The van der Waals surface area contributed by atoms with Crippen LogP contribution in [-0.4, -0.2) is 83.3 Å². The number of aromatic nitrogens is 1. The van der Waals surface area contributed by atoms with Gasteiger partial charge in [0.25, 0.3) is 11.1 Å². The summed E-state index contributed by atoms with van der Waals surface area (Å²) >= 11 is 0.785. The van der Waals surface area contributed by atoms with Gasteiger partial charge in [-0.2, -0.15) is 0 Å². The Balaban J connectivity index is 1.31. The van der Waals surface area contributed by atoms with Crippen molar-refractivity contribution in [3.05, 3.63) is 70.8 Å². The van der Waals surface area contributed by atoms with E-state index in [0.717, 1.165) is 27.6 Å². The number of fused-ring (bicyclic) bond motifs is 1. The summed E-state index contributed by atoms with van der Waals surface area (Å²) in [5, 5.41) is 3.10. The fourth-order valence-corrected chi connectivity index (χ4v) is 5.34. The topological polar surface area (TPSA) is 127 Å². The molecule has 0 radical (unpaired) electrons. The number of ether oxygens (including phenoxy) is 2. The second kappa shape index (κ2) is 11.8. The summed E-state index contributed by atoms with van der Waals surface area (Å²) in [5.41, 5.74) is 2.33. The first-order valence-corrected chi connectivity index (χ1v) is 13.3. The summed E-state index contributed by atoms with van der Waals surface area (Å²) < 4.78 is 11.7. The standard InChI is InChI=1S/C28H26N4O7S/c1-38-27(36)18-6-8-20(9-7-18)29-24(33)16-31-15-19(21-4-2-3-5-22(21)31)14-23-26(35)32(28(37)40-23)17-25(34)30-10-12-39-13-11-30/h2-9,14-15H,10-13,16-17H2,1H3,(H,29,33)/b23-14-. The number of benzene rings is 2. The predicted molar refractivity (Wildman–Crippen MR) is 148 cm³/mol. The van der Waals surface area contributed by atoms with Crippen LogP contribution in [0, 0.1) is 0 Å². The minimum atomic E-state index is -0.526. The highest BCUT2D eigenvalue weighted by Gasteiger charge is 2.37. The van der Waals surface area contributed by atoms with E-state index in [1.807, 2.05) is 24.3 Å². The molecule has 5 rings (SSSR count). The van der Waals surface area contributed by atoms with Crippen LogP contribution in [0.5, 0.6) is 0 Å². The number of anilines is 1. The number of thioether (sulfide) groups is 1. The van der Waals surface area contributed by atoms with Gasteiger partial charge in [-0.15, -0.1) is 0 Å². The molecular weight excluding hydrogens is 536 g/mol. The van der Waals surface area contributed by atoms with Crippen molar-refractivity contribution >= 4 is 63.4 Å². The zero-order chi connectivity index (χ0) is 28.2. The molecule has 3 heterocycles. The molecule has 0 atom stereocenters. The highest BCUT2D eigenvalue weighted by molar-refractivity contribution is 8.18. The molecule has 2 aliphatic heterocycles.